The molecule has 0 saturated heterocycles. The molecule has 0 spiro atoms. The second kappa shape index (κ2) is 7.26. The van der Waals surface area contributed by atoms with Gasteiger partial charge in [0, 0.05) is 17.7 Å². The number of oxime groups is 1. The standard InChI is InChI=1S/C15H21NO4/c1-2-19-9-11(17)10-20-15-8-4-5-12-13(15)6-3-7-14(12)16-18/h4-5,8,11,17-18H,2-3,6-7,9-10H2,1H3. The second-order valence-corrected chi connectivity index (χ2v) is 4.81. The first-order chi connectivity index (χ1) is 9.76. The molecule has 5 heteroatoms. The Morgan fingerprint density at radius 3 is 2.90 bits per heavy atom. The summed E-state index contributed by atoms with van der Waals surface area (Å²) in [5.74, 6) is 0.749. The van der Waals surface area contributed by atoms with E-state index in [1.165, 1.54) is 0 Å². The number of ether oxygens (including phenoxy) is 2. The minimum absolute atomic E-state index is 0.196. The van der Waals surface area contributed by atoms with Gasteiger partial charge in [-0.1, -0.05) is 17.3 Å². The first kappa shape index (κ1) is 14.8. The number of fused-ring (bicyclic) bond motifs is 1. The van der Waals surface area contributed by atoms with Gasteiger partial charge in [-0.3, -0.25) is 0 Å². The molecule has 0 aromatic heterocycles. The van der Waals surface area contributed by atoms with Crippen molar-refractivity contribution in [1.29, 1.82) is 0 Å². The van der Waals surface area contributed by atoms with Gasteiger partial charge in [0.15, 0.2) is 0 Å². The third kappa shape index (κ3) is 3.49. The van der Waals surface area contributed by atoms with Crippen molar-refractivity contribution in [1.82, 2.24) is 0 Å². The number of rotatable bonds is 6. The average Bonchev–Trinajstić information content (AvgIpc) is 2.50. The summed E-state index contributed by atoms with van der Waals surface area (Å²) in [6, 6.07) is 5.69. The van der Waals surface area contributed by atoms with Crippen molar-refractivity contribution < 1.29 is 19.8 Å². The van der Waals surface area contributed by atoms with Gasteiger partial charge in [-0.15, -0.1) is 0 Å². The van der Waals surface area contributed by atoms with Gasteiger partial charge in [-0.2, -0.15) is 0 Å². The van der Waals surface area contributed by atoms with E-state index < -0.39 is 6.10 Å². The Kier molecular flexibility index (Phi) is 5.38. The summed E-state index contributed by atoms with van der Waals surface area (Å²) in [6.45, 7) is 2.93. The van der Waals surface area contributed by atoms with Crippen LogP contribution in [0, 0.1) is 0 Å². The Balaban J connectivity index is 2.06. The molecular formula is C15H21NO4. The maximum atomic E-state index is 9.73. The zero-order valence-electron chi connectivity index (χ0n) is 11.7. The molecule has 0 saturated carbocycles. The number of hydrogen-bond acceptors (Lipinski definition) is 5. The molecule has 110 valence electrons. The Morgan fingerprint density at radius 1 is 1.30 bits per heavy atom. The highest BCUT2D eigenvalue weighted by Gasteiger charge is 2.19. The average molecular weight is 279 g/mol. The van der Waals surface area contributed by atoms with E-state index in [-0.39, 0.29) is 13.2 Å². The van der Waals surface area contributed by atoms with Crippen molar-refractivity contribution in [3.8, 4) is 5.75 Å². The van der Waals surface area contributed by atoms with E-state index >= 15 is 0 Å². The van der Waals surface area contributed by atoms with Crippen LogP contribution in [0.2, 0.25) is 0 Å². The predicted molar refractivity (Wildman–Crippen MR) is 75.7 cm³/mol. The molecular weight excluding hydrogens is 258 g/mol. The Bertz CT molecular complexity index is 473. The lowest BCUT2D eigenvalue weighted by molar-refractivity contribution is 0.0162. The van der Waals surface area contributed by atoms with Gasteiger partial charge >= 0.3 is 0 Å². The molecule has 2 N–H and O–H groups in total. The van der Waals surface area contributed by atoms with Gasteiger partial charge < -0.3 is 19.8 Å². The smallest absolute Gasteiger partial charge is 0.123 e. The molecule has 1 aliphatic carbocycles. The molecule has 0 aliphatic heterocycles. The maximum absolute atomic E-state index is 9.73. The topological polar surface area (TPSA) is 71.3 Å². The van der Waals surface area contributed by atoms with Crippen LogP contribution in [-0.4, -0.2) is 42.0 Å². The SMILES string of the molecule is CCOCC(O)COc1cccc2c1CCCC2=NO. The summed E-state index contributed by atoms with van der Waals surface area (Å²) in [5, 5.41) is 22.1. The molecule has 1 aliphatic rings. The van der Waals surface area contributed by atoms with Gasteiger partial charge in [-0.25, -0.2) is 0 Å². The van der Waals surface area contributed by atoms with Crippen LogP contribution < -0.4 is 4.74 Å². The minimum Gasteiger partial charge on any atom is -0.490 e. The Hall–Kier alpha value is -1.59. The first-order valence-corrected chi connectivity index (χ1v) is 6.98. The van der Waals surface area contributed by atoms with Crippen molar-refractivity contribution in [3.05, 3.63) is 29.3 Å². The molecule has 1 aromatic rings. The van der Waals surface area contributed by atoms with Crippen LogP contribution in [0.25, 0.3) is 0 Å². The van der Waals surface area contributed by atoms with Crippen molar-refractivity contribution in [2.75, 3.05) is 19.8 Å². The molecule has 1 aromatic carbocycles. The summed E-state index contributed by atoms with van der Waals surface area (Å²) in [7, 11) is 0. The fraction of sp³-hybridized carbons (Fsp3) is 0.533. The number of nitrogens with zero attached hydrogens (tertiary/aromatic N) is 1. The third-order valence-electron chi connectivity index (χ3n) is 3.35. The molecule has 1 unspecified atom stereocenters. The van der Waals surface area contributed by atoms with E-state index in [0.29, 0.717) is 12.3 Å². The Morgan fingerprint density at radius 2 is 2.15 bits per heavy atom. The van der Waals surface area contributed by atoms with E-state index in [1.54, 1.807) is 0 Å². The number of hydrogen-bond donors (Lipinski definition) is 2. The van der Waals surface area contributed by atoms with Crippen molar-refractivity contribution in [2.24, 2.45) is 5.16 Å². The molecule has 0 amide bonds. The van der Waals surface area contributed by atoms with E-state index in [4.69, 9.17) is 14.7 Å². The second-order valence-electron chi connectivity index (χ2n) is 4.81. The van der Waals surface area contributed by atoms with Crippen LogP contribution in [0.1, 0.15) is 30.9 Å². The normalized spacial score (nSPS) is 17.8. The van der Waals surface area contributed by atoms with E-state index in [1.807, 2.05) is 25.1 Å². The van der Waals surface area contributed by atoms with Crippen LogP contribution >= 0.6 is 0 Å². The summed E-state index contributed by atoms with van der Waals surface area (Å²) >= 11 is 0. The monoisotopic (exact) mass is 279 g/mol. The molecule has 20 heavy (non-hydrogen) atoms. The number of benzene rings is 1. The highest BCUT2D eigenvalue weighted by molar-refractivity contribution is 6.02. The van der Waals surface area contributed by atoms with Gasteiger partial charge in [0.25, 0.3) is 0 Å². The van der Waals surface area contributed by atoms with Gasteiger partial charge in [0.1, 0.15) is 18.5 Å². The Labute approximate surface area is 118 Å². The summed E-state index contributed by atoms with van der Waals surface area (Å²) < 4.78 is 10.8. The van der Waals surface area contributed by atoms with Gasteiger partial charge in [0.2, 0.25) is 0 Å². The van der Waals surface area contributed by atoms with Crippen LogP contribution in [-0.2, 0) is 11.2 Å². The maximum Gasteiger partial charge on any atom is 0.123 e. The number of aliphatic hydroxyl groups is 1. The highest BCUT2D eigenvalue weighted by atomic mass is 16.5. The molecule has 0 radical (unpaired) electrons. The predicted octanol–water partition coefficient (Wildman–Crippen LogP) is 1.98. The van der Waals surface area contributed by atoms with Gasteiger partial charge in [-0.05, 0) is 32.3 Å². The van der Waals surface area contributed by atoms with Crippen molar-refractivity contribution in [3.63, 3.8) is 0 Å². The fourth-order valence-corrected chi connectivity index (χ4v) is 2.39. The van der Waals surface area contributed by atoms with Crippen molar-refractivity contribution in [2.45, 2.75) is 32.3 Å². The fourth-order valence-electron chi connectivity index (χ4n) is 2.39. The van der Waals surface area contributed by atoms with E-state index in [2.05, 4.69) is 5.16 Å². The van der Waals surface area contributed by atoms with Crippen LogP contribution in [0.4, 0.5) is 0 Å². The van der Waals surface area contributed by atoms with Crippen molar-refractivity contribution >= 4 is 5.71 Å². The van der Waals surface area contributed by atoms with Gasteiger partial charge in [0.05, 0.1) is 12.3 Å². The molecule has 2 rings (SSSR count). The zero-order valence-corrected chi connectivity index (χ0v) is 11.7. The molecule has 0 bridgehead atoms. The molecule has 0 heterocycles. The van der Waals surface area contributed by atoms with E-state index in [0.717, 1.165) is 36.1 Å². The lowest BCUT2D eigenvalue weighted by Gasteiger charge is -2.21. The molecule has 0 fully saturated rings. The third-order valence-corrected chi connectivity index (χ3v) is 3.35. The largest absolute Gasteiger partial charge is 0.490 e. The summed E-state index contributed by atoms with van der Waals surface area (Å²) in [5.41, 5.74) is 2.69. The van der Waals surface area contributed by atoms with Crippen LogP contribution in [0.15, 0.2) is 23.4 Å². The zero-order chi connectivity index (χ0) is 14.4. The minimum atomic E-state index is -0.639. The van der Waals surface area contributed by atoms with Crippen LogP contribution in [0.5, 0.6) is 5.75 Å². The molecule has 1 atom stereocenters. The summed E-state index contributed by atoms with van der Waals surface area (Å²) in [4.78, 5) is 0. The summed E-state index contributed by atoms with van der Waals surface area (Å²) in [6.07, 6.45) is 1.97. The van der Waals surface area contributed by atoms with E-state index in [9.17, 15) is 5.11 Å². The quantitative estimate of drug-likeness (QED) is 0.617. The van der Waals surface area contributed by atoms with Crippen LogP contribution in [0.3, 0.4) is 0 Å². The first-order valence-electron chi connectivity index (χ1n) is 6.98. The lowest BCUT2D eigenvalue weighted by Crippen LogP contribution is -2.24. The lowest BCUT2D eigenvalue weighted by atomic mass is 9.89. The number of aliphatic hydroxyl groups excluding tert-OH is 1. The molecule has 5 nitrogen and oxygen atoms in total. The highest BCUT2D eigenvalue weighted by Crippen LogP contribution is 2.30.